The Morgan fingerprint density at radius 3 is 2.44 bits per heavy atom. The van der Waals surface area contributed by atoms with E-state index in [1.807, 2.05) is 32.0 Å². The zero-order valence-electron chi connectivity index (χ0n) is 10.3. The van der Waals surface area contributed by atoms with Gasteiger partial charge in [-0.05, 0) is 31.0 Å². The summed E-state index contributed by atoms with van der Waals surface area (Å²) in [5, 5.41) is 5.46. The van der Waals surface area contributed by atoms with Gasteiger partial charge in [0.15, 0.2) is 0 Å². The number of aryl methyl sites for hydroxylation is 2. The highest BCUT2D eigenvalue weighted by molar-refractivity contribution is 6.00. The maximum Gasteiger partial charge on any atom is 0.324 e. The van der Waals surface area contributed by atoms with Gasteiger partial charge in [0, 0.05) is 11.9 Å². The van der Waals surface area contributed by atoms with Gasteiger partial charge in [0.25, 0.3) is 0 Å². The molecule has 0 saturated carbocycles. The van der Waals surface area contributed by atoms with Gasteiger partial charge < -0.3 is 5.32 Å². The summed E-state index contributed by atoms with van der Waals surface area (Å²) in [5.74, 6) is 0.466. The van der Waals surface area contributed by atoms with Crippen LogP contribution < -0.4 is 10.6 Å². The summed E-state index contributed by atoms with van der Waals surface area (Å²) >= 11 is 0. The lowest BCUT2D eigenvalue weighted by Gasteiger charge is -2.11. The highest BCUT2D eigenvalue weighted by atomic mass is 16.2. The third-order valence-electron chi connectivity index (χ3n) is 2.54. The van der Waals surface area contributed by atoms with Crippen molar-refractivity contribution in [3.05, 3.63) is 47.9 Å². The summed E-state index contributed by atoms with van der Waals surface area (Å²) in [6, 6.07) is 7.18. The molecular formula is C13H14N4O. The van der Waals surface area contributed by atoms with Crippen LogP contribution in [0.4, 0.5) is 16.3 Å². The van der Waals surface area contributed by atoms with E-state index in [0.29, 0.717) is 5.82 Å². The van der Waals surface area contributed by atoms with Crippen LogP contribution >= 0.6 is 0 Å². The number of urea groups is 1. The van der Waals surface area contributed by atoms with Crippen molar-refractivity contribution in [3.8, 4) is 0 Å². The molecule has 2 amide bonds. The van der Waals surface area contributed by atoms with Crippen LogP contribution in [0.1, 0.15) is 11.1 Å². The molecule has 0 aliphatic rings. The average molecular weight is 242 g/mol. The van der Waals surface area contributed by atoms with Gasteiger partial charge in [-0.25, -0.2) is 14.8 Å². The molecule has 0 spiro atoms. The molecule has 1 aromatic carbocycles. The molecule has 2 rings (SSSR count). The first-order valence-corrected chi connectivity index (χ1v) is 5.57. The van der Waals surface area contributed by atoms with Crippen LogP contribution in [-0.4, -0.2) is 16.0 Å². The number of aromatic nitrogens is 2. The summed E-state index contributed by atoms with van der Waals surface area (Å²) in [4.78, 5) is 19.5. The van der Waals surface area contributed by atoms with E-state index in [2.05, 4.69) is 20.6 Å². The van der Waals surface area contributed by atoms with Crippen LogP contribution in [0.15, 0.2) is 36.8 Å². The van der Waals surface area contributed by atoms with E-state index < -0.39 is 0 Å². The number of rotatable bonds is 2. The van der Waals surface area contributed by atoms with Gasteiger partial charge in [0.05, 0.1) is 0 Å². The number of amides is 2. The minimum Gasteiger partial charge on any atom is -0.307 e. The molecule has 0 aliphatic heterocycles. The van der Waals surface area contributed by atoms with Gasteiger partial charge in [-0.15, -0.1) is 0 Å². The molecule has 5 nitrogen and oxygen atoms in total. The van der Waals surface area contributed by atoms with Gasteiger partial charge in [0.1, 0.15) is 12.1 Å². The zero-order chi connectivity index (χ0) is 13.0. The number of carbonyl (C=O) groups excluding carboxylic acids is 1. The molecule has 0 unspecified atom stereocenters. The lowest BCUT2D eigenvalue weighted by atomic mass is 10.1. The Labute approximate surface area is 105 Å². The minimum atomic E-state index is -0.314. The number of nitrogens with zero attached hydrogens (tertiary/aromatic N) is 2. The van der Waals surface area contributed by atoms with Crippen LogP contribution in [0.2, 0.25) is 0 Å². The number of carbonyl (C=O) groups is 1. The van der Waals surface area contributed by atoms with Crippen LogP contribution in [0.3, 0.4) is 0 Å². The van der Waals surface area contributed by atoms with Crippen LogP contribution in [0.25, 0.3) is 0 Å². The fourth-order valence-electron chi connectivity index (χ4n) is 1.64. The summed E-state index contributed by atoms with van der Waals surface area (Å²) in [6.45, 7) is 3.90. The molecule has 1 heterocycles. The Morgan fingerprint density at radius 1 is 1.11 bits per heavy atom. The maximum absolute atomic E-state index is 11.8. The summed E-state index contributed by atoms with van der Waals surface area (Å²) < 4.78 is 0. The largest absolute Gasteiger partial charge is 0.324 e. The smallest absolute Gasteiger partial charge is 0.307 e. The number of benzene rings is 1. The molecule has 0 bridgehead atoms. The van der Waals surface area contributed by atoms with E-state index >= 15 is 0 Å². The fraction of sp³-hybridized carbons (Fsp3) is 0.154. The molecule has 0 aliphatic carbocycles. The normalized spacial score (nSPS) is 9.89. The minimum absolute atomic E-state index is 0.314. The van der Waals surface area contributed by atoms with Gasteiger partial charge in [-0.2, -0.15) is 0 Å². The van der Waals surface area contributed by atoms with Crippen molar-refractivity contribution in [2.24, 2.45) is 0 Å². The molecule has 1 aromatic heterocycles. The van der Waals surface area contributed by atoms with Crippen molar-refractivity contribution in [2.75, 3.05) is 10.6 Å². The first-order chi connectivity index (χ1) is 8.66. The molecule has 2 N–H and O–H groups in total. The molecule has 92 valence electrons. The second-order valence-corrected chi connectivity index (χ2v) is 3.94. The SMILES string of the molecule is Cc1cccc(C)c1NC(=O)Nc1ccncn1. The number of para-hydroxylation sites is 1. The first-order valence-electron chi connectivity index (χ1n) is 5.57. The van der Waals surface area contributed by atoms with Crippen molar-refractivity contribution < 1.29 is 4.79 Å². The standard InChI is InChI=1S/C13H14N4O/c1-9-4-3-5-10(2)12(9)17-13(18)16-11-6-7-14-8-15-11/h3-8H,1-2H3,(H2,14,15,16,17,18). The Morgan fingerprint density at radius 2 is 1.83 bits per heavy atom. The fourth-order valence-corrected chi connectivity index (χ4v) is 1.64. The lowest BCUT2D eigenvalue weighted by molar-refractivity contribution is 0.262. The van der Waals surface area contributed by atoms with Gasteiger partial charge in [0.2, 0.25) is 0 Å². The molecule has 0 saturated heterocycles. The molecule has 0 atom stereocenters. The monoisotopic (exact) mass is 242 g/mol. The molecular weight excluding hydrogens is 228 g/mol. The summed E-state index contributed by atoms with van der Waals surface area (Å²) in [7, 11) is 0. The van der Waals surface area contributed by atoms with E-state index in [4.69, 9.17) is 0 Å². The Kier molecular flexibility index (Phi) is 3.52. The first kappa shape index (κ1) is 12.0. The van der Waals surface area contributed by atoms with Crippen LogP contribution in [-0.2, 0) is 0 Å². The Balaban J connectivity index is 2.08. The van der Waals surface area contributed by atoms with Crippen LogP contribution in [0, 0.1) is 13.8 Å². The van der Waals surface area contributed by atoms with E-state index in [9.17, 15) is 4.79 Å². The molecule has 5 heteroatoms. The van der Waals surface area contributed by atoms with Crippen molar-refractivity contribution in [1.82, 2.24) is 9.97 Å². The highest BCUT2D eigenvalue weighted by Gasteiger charge is 2.07. The summed E-state index contributed by atoms with van der Waals surface area (Å²) in [6.07, 6.45) is 2.95. The number of anilines is 2. The predicted molar refractivity (Wildman–Crippen MR) is 70.6 cm³/mol. The second kappa shape index (κ2) is 5.27. The zero-order valence-corrected chi connectivity index (χ0v) is 10.3. The van der Waals surface area contributed by atoms with Crippen molar-refractivity contribution in [3.63, 3.8) is 0 Å². The Hall–Kier alpha value is -2.43. The van der Waals surface area contributed by atoms with Gasteiger partial charge >= 0.3 is 6.03 Å². The van der Waals surface area contributed by atoms with E-state index in [1.165, 1.54) is 6.33 Å². The van der Waals surface area contributed by atoms with Crippen molar-refractivity contribution >= 4 is 17.5 Å². The van der Waals surface area contributed by atoms with Crippen molar-refractivity contribution in [2.45, 2.75) is 13.8 Å². The van der Waals surface area contributed by atoms with Crippen LogP contribution in [0.5, 0.6) is 0 Å². The molecule has 2 aromatic rings. The van der Waals surface area contributed by atoms with Gasteiger partial charge in [-0.3, -0.25) is 5.32 Å². The quantitative estimate of drug-likeness (QED) is 0.850. The lowest BCUT2D eigenvalue weighted by Crippen LogP contribution is -2.21. The molecule has 18 heavy (non-hydrogen) atoms. The maximum atomic E-state index is 11.8. The molecule has 0 fully saturated rings. The third kappa shape index (κ3) is 2.82. The number of hydrogen-bond acceptors (Lipinski definition) is 3. The number of nitrogens with one attached hydrogen (secondary N) is 2. The average Bonchev–Trinajstić information content (AvgIpc) is 2.35. The van der Waals surface area contributed by atoms with Gasteiger partial charge in [-0.1, -0.05) is 18.2 Å². The summed E-state index contributed by atoms with van der Waals surface area (Å²) in [5.41, 5.74) is 2.87. The Bertz CT molecular complexity index is 534. The van der Waals surface area contributed by atoms with E-state index in [-0.39, 0.29) is 6.03 Å². The topological polar surface area (TPSA) is 66.9 Å². The number of hydrogen-bond donors (Lipinski definition) is 2. The van der Waals surface area contributed by atoms with E-state index in [1.54, 1.807) is 12.3 Å². The molecule has 0 radical (unpaired) electrons. The van der Waals surface area contributed by atoms with E-state index in [0.717, 1.165) is 16.8 Å². The van der Waals surface area contributed by atoms with Crippen molar-refractivity contribution in [1.29, 1.82) is 0 Å². The second-order valence-electron chi connectivity index (χ2n) is 3.94. The third-order valence-corrected chi connectivity index (χ3v) is 2.54. The predicted octanol–water partition coefficient (Wildman–Crippen LogP) is 2.74. The highest BCUT2D eigenvalue weighted by Crippen LogP contribution is 2.19.